The molecule has 6 nitrogen and oxygen atoms in total. The Morgan fingerprint density at radius 1 is 1.33 bits per heavy atom. The van der Waals surface area contributed by atoms with Gasteiger partial charge in [0.15, 0.2) is 12.4 Å². The van der Waals surface area contributed by atoms with Crippen molar-refractivity contribution in [1.82, 2.24) is 15.1 Å². The summed E-state index contributed by atoms with van der Waals surface area (Å²) in [6.45, 7) is 3.80. The van der Waals surface area contributed by atoms with Gasteiger partial charge in [-0.3, -0.25) is 9.48 Å². The predicted molar refractivity (Wildman–Crippen MR) is 91.8 cm³/mol. The summed E-state index contributed by atoms with van der Waals surface area (Å²) >= 11 is 0. The molecule has 130 valence electrons. The number of hydrogen-bond acceptors (Lipinski definition) is 4. The van der Waals surface area contributed by atoms with Crippen molar-refractivity contribution < 1.29 is 14.6 Å². The third-order valence-corrected chi connectivity index (χ3v) is 3.98. The van der Waals surface area contributed by atoms with E-state index in [0.29, 0.717) is 18.6 Å². The minimum atomic E-state index is -0.190. The quantitative estimate of drug-likeness (QED) is 0.776. The number of rotatable bonds is 8. The number of aromatic nitrogens is 2. The van der Waals surface area contributed by atoms with Crippen LogP contribution in [0.25, 0.3) is 0 Å². The van der Waals surface area contributed by atoms with E-state index in [0.717, 1.165) is 17.0 Å². The zero-order chi connectivity index (χ0) is 17.5. The molecule has 0 aliphatic heterocycles. The molecular formula is C18H25N3O3. The van der Waals surface area contributed by atoms with Crippen molar-refractivity contribution in [1.29, 1.82) is 0 Å². The second-order valence-electron chi connectivity index (χ2n) is 5.81. The highest BCUT2D eigenvalue weighted by Crippen LogP contribution is 2.22. The highest BCUT2D eigenvalue weighted by Gasteiger charge is 2.16. The molecule has 1 unspecified atom stereocenters. The molecule has 2 N–H and O–H groups in total. The number of carbonyl (C=O) groups excluding carboxylic acids is 1. The van der Waals surface area contributed by atoms with Crippen LogP contribution >= 0.6 is 0 Å². The standard InChI is InChI=1S/C18H25N3O3/c1-13-18(14(2)21(3)20-13)24-12-17(23)19-16(10-7-11-22)15-8-5-4-6-9-15/h4-6,8-9,16,22H,7,10-12H2,1-3H3,(H,19,23). The molecule has 0 aliphatic carbocycles. The van der Waals surface area contributed by atoms with Crippen LogP contribution in [-0.2, 0) is 11.8 Å². The monoisotopic (exact) mass is 331 g/mol. The Labute approximate surface area is 142 Å². The summed E-state index contributed by atoms with van der Waals surface area (Å²) in [6, 6.07) is 9.62. The van der Waals surface area contributed by atoms with Crippen LogP contribution in [0.3, 0.4) is 0 Å². The predicted octanol–water partition coefficient (Wildman–Crippen LogP) is 2.05. The summed E-state index contributed by atoms with van der Waals surface area (Å²) in [7, 11) is 1.84. The van der Waals surface area contributed by atoms with Crippen LogP contribution in [0.4, 0.5) is 0 Å². The van der Waals surface area contributed by atoms with Crippen molar-refractivity contribution in [3.8, 4) is 5.75 Å². The Kier molecular flexibility index (Phi) is 6.37. The fourth-order valence-electron chi connectivity index (χ4n) is 2.64. The van der Waals surface area contributed by atoms with Crippen molar-refractivity contribution in [3.05, 3.63) is 47.3 Å². The lowest BCUT2D eigenvalue weighted by molar-refractivity contribution is -0.123. The number of carbonyl (C=O) groups is 1. The minimum absolute atomic E-state index is 0.0597. The van der Waals surface area contributed by atoms with E-state index in [4.69, 9.17) is 9.84 Å². The van der Waals surface area contributed by atoms with Crippen LogP contribution in [0.15, 0.2) is 30.3 Å². The minimum Gasteiger partial charge on any atom is -0.480 e. The Morgan fingerprint density at radius 2 is 2.04 bits per heavy atom. The SMILES string of the molecule is Cc1nn(C)c(C)c1OCC(=O)NC(CCCO)c1ccccc1. The largest absolute Gasteiger partial charge is 0.480 e. The number of amides is 1. The Balaban J connectivity index is 1.97. The van der Waals surface area contributed by atoms with E-state index >= 15 is 0 Å². The Bertz CT molecular complexity index is 668. The van der Waals surface area contributed by atoms with Gasteiger partial charge in [-0.2, -0.15) is 5.10 Å². The molecule has 1 aromatic heterocycles. The van der Waals surface area contributed by atoms with Gasteiger partial charge in [-0.25, -0.2) is 0 Å². The van der Waals surface area contributed by atoms with Crippen LogP contribution in [0.5, 0.6) is 5.75 Å². The normalized spacial score (nSPS) is 12.0. The fourth-order valence-corrected chi connectivity index (χ4v) is 2.64. The van der Waals surface area contributed by atoms with Gasteiger partial charge in [0, 0.05) is 13.7 Å². The molecule has 2 aromatic rings. The number of ether oxygens (including phenoxy) is 1. The van der Waals surface area contributed by atoms with Gasteiger partial charge in [0.25, 0.3) is 5.91 Å². The summed E-state index contributed by atoms with van der Waals surface area (Å²) in [6.07, 6.45) is 1.30. The zero-order valence-corrected chi connectivity index (χ0v) is 14.5. The lowest BCUT2D eigenvalue weighted by Gasteiger charge is -2.19. The molecule has 0 saturated carbocycles. The van der Waals surface area contributed by atoms with Crippen molar-refractivity contribution in [2.75, 3.05) is 13.2 Å². The molecule has 0 bridgehead atoms. The lowest BCUT2D eigenvalue weighted by Crippen LogP contribution is -2.33. The van der Waals surface area contributed by atoms with Crippen LogP contribution < -0.4 is 10.1 Å². The van der Waals surface area contributed by atoms with Gasteiger partial charge in [0.05, 0.1) is 11.7 Å². The number of aliphatic hydroxyl groups is 1. The van der Waals surface area contributed by atoms with Crippen molar-refractivity contribution in [3.63, 3.8) is 0 Å². The smallest absolute Gasteiger partial charge is 0.258 e. The molecule has 0 fully saturated rings. The van der Waals surface area contributed by atoms with E-state index < -0.39 is 0 Å². The first-order valence-corrected chi connectivity index (χ1v) is 8.11. The Morgan fingerprint density at radius 3 is 2.62 bits per heavy atom. The van der Waals surface area contributed by atoms with Gasteiger partial charge in [0.2, 0.25) is 0 Å². The zero-order valence-electron chi connectivity index (χ0n) is 14.5. The van der Waals surface area contributed by atoms with Gasteiger partial charge in [-0.15, -0.1) is 0 Å². The van der Waals surface area contributed by atoms with Crippen LogP contribution in [0.1, 0.15) is 35.8 Å². The molecule has 1 amide bonds. The van der Waals surface area contributed by atoms with Gasteiger partial charge < -0.3 is 15.2 Å². The first-order valence-electron chi connectivity index (χ1n) is 8.11. The van der Waals surface area contributed by atoms with E-state index in [-0.39, 0.29) is 25.2 Å². The molecular weight excluding hydrogens is 306 g/mol. The maximum absolute atomic E-state index is 12.3. The highest BCUT2D eigenvalue weighted by atomic mass is 16.5. The number of aryl methyl sites for hydroxylation is 2. The van der Waals surface area contributed by atoms with E-state index in [9.17, 15) is 4.79 Å². The highest BCUT2D eigenvalue weighted by molar-refractivity contribution is 5.78. The van der Waals surface area contributed by atoms with E-state index in [1.165, 1.54) is 0 Å². The number of nitrogens with one attached hydrogen (secondary N) is 1. The van der Waals surface area contributed by atoms with Gasteiger partial charge >= 0.3 is 0 Å². The number of nitrogens with zero attached hydrogens (tertiary/aromatic N) is 2. The van der Waals surface area contributed by atoms with Gasteiger partial charge in [-0.1, -0.05) is 30.3 Å². The molecule has 0 aliphatic rings. The van der Waals surface area contributed by atoms with Crippen molar-refractivity contribution >= 4 is 5.91 Å². The fraction of sp³-hybridized carbons (Fsp3) is 0.444. The molecule has 0 spiro atoms. The van der Waals surface area contributed by atoms with E-state index in [1.54, 1.807) is 4.68 Å². The average molecular weight is 331 g/mol. The molecule has 2 rings (SSSR count). The second kappa shape index (κ2) is 8.49. The summed E-state index contributed by atoms with van der Waals surface area (Å²) < 4.78 is 7.38. The first kappa shape index (κ1) is 18.0. The van der Waals surface area contributed by atoms with E-state index in [2.05, 4.69) is 10.4 Å². The van der Waals surface area contributed by atoms with Gasteiger partial charge in [-0.05, 0) is 32.3 Å². The number of benzene rings is 1. The maximum Gasteiger partial charge on any atom is 0.258 e. The maximum atomic E-state index is 12.3. The lowest BCUT2D eigenvalue weighted by atomic mass is 10.0. The topological polar surface area (TPSA) is 76.4 Å². The number of hydrogen-bond donors (Lipinski definition) is 2. The number of aliphatic hydroxyl groups excluding tert-OH is 1. The summed E-state index contributed by atoms with van der Waals surface area (Å²) in [4.78, 5) is 12.3. The third-order valence-electron chi connectivity index (χ3n) is 3.98. The molecule has 0 radical (unpaired) electrons. The van der Waals surface area contributed by atoms with Crippen molar-refractivity contribution in [2.45, 2.75) is 32.7 Å². The molecule has 0 saturated heterocycles. The summed E-state index contributed by atoms with van der Waals surface area (Å²) in [5.41, 5.74) is 2.68. The molecule has 1 heterocycles. The molecule has 6 heteroatoms. The summed E-state index contributed by atoms with van der Waals surface area (Å²) in [5.74, 6) is 0.462. The van der Waals surface area contributed by atoms with Crippen molar-refractivity contribution in [2.24, 2.45) is 7.05 Å². The van der Waals surface area contributed by atoms with E-state index in [1.807, 2.05) is 51.2 Å². The second-order valence-corrected chi connectivity index (χ2v) is 5.81. The van der Waals surface area contributed by atoms with Gasteiger partial charge in [0.1, 0.15) is 5.69 Å². The molecule has 1 aromatic carbocycles. The van der Waals surface area contributed by atoms with Crippen LogP contribution in [-0.4, -0.2) is 34.0 Å². The van der Waals surface area contributed by atoms with Crippen LogP contribution in [0, 0.1) is 13.8 Å². The molecule has 24 heavy (non-hydrogen) atoms. The van der Waals surface area contributed by atoms with Crippen LogP contribution in [0.2, 0.25) is 0 Å². The average Bonchev–Trinajstić information content (AvgIpc) is 2.82. The third kappa shape index (κ3) is 4.58. The Hall–Kier alpha value is -2.34. The molecule has 1 atom stereocenters. The first-order chi connectivity index (χ1) is 11.5. The summed E-state index contributed by atoms with van der Waals surface area (Å²) in [5, 5.41) is 16.3.